The maximum absolute atomic E-state index is 14.7. The highest BCUT2D eigenvalue weighted by Gasteiger charge is 2.28. The highest BCUT2D eigenvalue weighted by atomic mass is 19.2. The van der Waals surface area contributed by atoms with E-state index in [1.165, 1.54) is 0 Å². The van der Waals surface area contributed by atoms with E-state index in [2.05, 4.69) is 20.9 Å². The van der Waals surface area contributed by atoms with Crippen molar-refractivity contribution in [1.82, 2.24) is 19.5 Å². The van der Waals surface area contributed by atoms with Crippen LogP contribution in [-0.2, 0) is 16.8 Å². The van der Waals surface area contributed by atoms with Crippen molar-refractivity contribution in [2.45, 2.75) is 32.7 Å². The number of allylic oxidation sites excluding steroid dienone is 2. The van der Waals surface area contributed by atoms with Gasteiger partial charge in [-0.1, -0.05) is 68.4 Å². The molecule has 2 aromatic carbocycles. The second kappa shape index (κ2) is 12.0. The number of hydrogen-bond donors (Lipinski definition) is 3. The first kappa shape index (κ1) is 28.7. The van der Waals surface area contributed by atoms with Crippen molar-refractivity contribution in [3.8, 4) is 0 Å². The molecule has 214 valence electrons. The number of nitrogens with one attached hydrogen (secondary N) is 2. The Kier molecular flexibility index (Phi) is 8.16. The third-order valence-corrected chi connectivity index (χ3v) is 6.66. The van der Waals surface area contributed by atoms with Crippen LogP contribution in [0.4, 0.5) is 20.1 Å². The predicted octanol–water partition coefficient (Wildman–Crippen LogP) is 4.97. The van der Waals surface area contributed by atoms with Gasteiger partial charge in [0.2, 0.25) is 5.91 Å². The first-order chi connectivity index (χ1) is 20.1. The number of aromatic nitrogens is 4. The lowest BCUT2D eigenvalue weighted by molar-refractivity contribution is -0.118. The minimum atomic E-state index is -2.84. The number of nitrogens with zero attached hydrogens (tertiary/aromatic N) is 5. The number of halogens is 2. The van der Waals surface area contributed by atoms with Crippen LogP contribution in [0.3, 0.4) is 0 Å². The molecule has 1 amide bonds. The van der Waals surface area contributed by atoms with E-state index >= 15 is 0 Å². The molecule has 2 aromatic heterocycles. The van der Waals surface area contributed by atoms with Gasteiger partial charge in [-0.3, -0.25) is 13.4 Å². The van der Waals surface area contributed by atoms with Crippen molar-refractivity contribution in [2.24, 2.45) is 4.99 Å². The Balaban J connectivity index is 1.58. The van der Waals surface area contributed by atoms with Crippen LogP contribution >= 0.6 is 0 Å². The van der Waals surface area contributed by atoms with Gasteiger partial charge in [-0.05, 0) is 47.5 Å². The minimum absolute atomic E-state index is 0.209. The van der Waals surface area contributed by atoms with Crippen LogP contribution in [0.1, 0.15) is 43.3 Å². The van der Waals surface area contributed by atoms with E-state index in [1.54, 1.807) is 59.4 Å². The number of aliphatic hydroxyl groups is 1. The molecule has 4 aromatic rings. The summed E-state index contributed by atoms with van der Waals surface area (Å²) in [5.74, 6) is 0.193. The molecule has 1 aliphatic heterocycles. The summed E-state index contributed by atoms with van der Waals surface area (Å²) in [6, 6.07) is 19.5. The van der Waals surface area contributed by atoms with Crippen molar-refractivity contribution < 1.29 is 18.5 Å². The van der Waals surface area contributed by atoms with Crippen molar-refractivity contribution >= 4 is 36.2 Å². The Morgan fingerprint density at radius 2 is 1.74 bits per heavy atom. The number of anilines is 2. The molecule has 0 saturated heterocycles. The number of rotatable bonds is 8. The number of benzene rings is 2. The Bertz CT molecular complexity index is 1670. The highest BCUT2D eigenvalue weighted by molar-refractivity contribution is 6.42. The molecule has 3 heterocycles. The molecule has 0 saturated carbocycles. The predicted molar refractivity (Wildman–Crippen MR) is 160 cm³/mol. The van der Waals surface area contributed by atoms with Gasteiger partial charge in [0.25, 0.3) is 0 Å². The Labute approximate surface area is 242 Å². The number of hydrogen-bond acceptors (Lipinski definition) is 6. The van der Waals surface area contributed by atoms with Gasteiger partial charge in [0.1, 0.15) is 6.61 Å². The molecule has 0 bridgehead atoms. The molecule has 42 heavy (non-hydrogen) atoms. The summed E-state index contributed by atoms with van der Waals surface area (Å²) in [6.45, 7) is 5.81. The quantitative estimate of drug-likeness (QED) is 0.260. The number of carbonyl (C=O) groups is 1. The van der Waals surface area contributed by atoms with E-state index in [9.17, 15) is 13.4 Å². The number of carbonyl (C=O) groups excluding carboxylic acids is 1. The van der Waals surface area contributed by atoms with E-state index in [0.717, 1.165) is 15.7 Å². The minimum Gasteiger partial charge on any atom is -0.387 e. The normalized spacial score (nSPS) is 14.1. The van der Waals surface area contributed by atoms with E-state index in [0.29, 0.717) is 34.9 Å². The van der Waals surface area contributed by atoms with Crippen LogP contribution < -0.4 is 10.6 Å². The maximum Gasteiger partial charge on any atom is 0.679 e. The zero-order valence-corrected chi connectivity index (χ0v) is 23.4. The molecular formula is C30H30BF2N7O2. The standard InChI is InChI=1S/C30H30BF2N7O2/c1-30(2,3)25-18-39(38-37-25)27-15-13-23(36-27)29(21-9-11-22(12-10-21)35-28(42)19-41)24-14-16-26(40(24)31(32)33)34-17-20-7-5-4-6-8-20/h4-16,18,34,41H,17,19H2,1-3H3,(H,35,42)/b29-23-. The van der Waals surface area contributed by atoms with Crippen LogP contribution in [0.25, 0.3) is 5.57 Å². The summed E-state index contributed by atoms with van der Waals surface area (Å²) < 4.78 is 31.8. The topological polar surface area (TPSA) is 109 Å². The smallest absolute Gasteiger partial charge is 0.387 e. The summed E-state index contributed by atoms with van der Waals surface area (Å²) in [6.07, 6.45) is 5.32. The number of amides is 1. The average molecular weight is 569 g/mol. The van der Waals surface area contributed by atoms with Crippen molar-refractivity contribution in [1.29, 1.82) is 0 Å². The summed E-state index contributed by atoms with van der Waals surface area (Å²) in [5.41, 5.74) is 3.77. The molecule has 0 aliphatic carbocycles. The molecule has 9 nitrogen and oxygen atoms in total. The van der Waals surface area contributed by atoms with E-state index in [1.807, 2.05) is 51.1 Å². The van der Waals surface area contributed by atoms with E-state index in [-0.39, 0.29) is 16.9 Å². The van der Waals surface area contributed by atoms with Gasteiger partial charge in [-0.25, -0.2) is 9.67 Å². The van der Waals surface area contributed by atoms with Gasteiger partial charge in [-0.2, -0.15) is 0 Å². The molecule has 0 fully saturated rings. The fraction of sp³-hybridized carbons (Fsp3) is 0.200. The van der Waals surface area contributed by atoms with Gasteiger partial charge < -0.3 is 20.2 Å². The SMILES string of the molecule is CC(C)(C)c1cn(C2=N/C(=C(/c3ccc(NC(=O)CO)cc3)c3ccc(NCc4ccccc4)n3B(F)F)C=C2)nn1. The molecular weight excluding hydrogens is 539 g/mol. The number of aliphatic imine (C=N–C) groups is 1. The van der Waals surface area contributed by atoms with Gasteiger partial charge in [0, 0.05) is 28.9 Å². The van der Waals surface area contributed by atoms with Crippen LogP contribution in [0.15, 0.2) is 95.8 Å². The molecule has 3 N–H and O–H groups in total. The lowest BCUT2D eigenvalue weighted by Gasteiger charge is -2.16. The molecule has 12 heteroatoms. The van der Waals surface area contributed by atoms with E-state index in [4.69, 9.17) is 10.1 Å². The molecule has 0 radical (unpaired) electrons. The monoisotopic (exact) mass is 569 g/mol. The van der Waals surface area contributed by atoms with Crippen LogP contribution in [0.5, 0.6) is 0 Å². The molecule has 0 spiro atoms. The largest absolute Gasteiger partial charge is 0.679 e. The molecule has 0 unspecified atom stereocenters. The summed E-state index contributed by atoms with van der Waals surface area (Å²) in [5, 5.41) is 23.3. The first-order valence-electron chi connectivity index (χ1n) is 13.4. The second-order valence-electron chi connectivity index (χ2n) is 10.7. The van der Waals surface area contributed by atoms with Crippen LogP contribution in [0, 0.1) is 0 Å². The molecule has 1 aliphatic rings. The van der Waals surface area contributed by atoms with Gasteiger partial charge in [0.05, 0.1) is 23.4 Å². The van der Waals surface area contributed by atoms with Crippen LogP contribution in [-0.4, -0.2) is 50.3 Å². The Morgan fingerprint density at radius 1 is 1.00 bits per heavy atom. The van der Waals surface area contributed by atoms with Crippen molar-refractivity contribution in [3.63, 3.8) is 0 Å². The summed E-state index contributed by atoms with van der Waals surface area (Å²) in [4.78, 5) is 16.4. The zero-order chi connectivity index (χ0) is 29.9. The highest BCUT2D eigenvalue weighted by Crippen LogP contribution is 2.34. The summed E-state index contributed by atoms with van der Waals surface area (Å²) >= 11 is 0. The van der Waals surface area contributed by atoms with E-state index < -0.39 is 19.9 Å². The van der Waals surface area contributed by atoms with Crippen LogP contribution in [0.2, 0.25) is 0 Å². The average Bonchev–Trinajstić information content (AvgIpc) is 3.73. The third kappa shape index (κ3) is 6.23. The number of aliphatic hydroxyl groups excluding tert-OH is 1. The lowest BCUT2D eigenvalue weighted by atomic mass is 9.93. The lowest BCUT2D eigenvalue weighted by Crippen LogP contribution is -2.19. The Hall–Kier alpha value is -4.84. The zero-order valence-electron chi connectivity index (χ0n) is 23.4. The third-order valence-electron chi connectivity index (χ3n) is 6.66. The molecule has 5 rings (SSSR count). The molecule has 0 atom stereocenters. The van der Waals surface area contributed by atoms with Gasteiger partial charge in [-0.15, -0.1) is 5.10 Å². The second-order valence-corrected chi connectivity index (χ2v) is 10.7. The van der Waals surface area contributed by atoms with Crippen molar-refractivity contribution in [2.75, 3.05) is 17.2 Å². The van der Waals surface area contributed by atoms with Gasteiger partial charge >= 0.3 is 7.40 Å². The fourth-order valence-electron chi connectivity index (χ4n) is 4.48. The summed E-state index contributed by atoms with van der Waals surface area (Å²) in [7, 11) is -2.84. The Morgan fingerprint density at radius 3 is 2.38 bits per heavy atom. The van der Waals surface area contributed by atoms with Crippen molar-refractivity contribution in [3.05, 3.63) is 113 Å². The maximum atomic E-state index is 14.7. The fourth-order valence-corrected chi connectivity index (χ4v) is 4.48. The first-order valence-corrected chi connectivity index (χ1v) is 13.4. The van der Waals surface area contributed by atoms with Gasteiger partial charge in [0.15, 0.2) is 5.84 Å².